The van der Waals surface area contributed by atoms with Crippen molar-refractivity contribution in [1.82, 2.24) is 4.90 Å². The van der Waals surface area contributed by atoms with Crippen molar-refractivity contribution in [3.63, 3.8) is 0 Å². The van der Waals surface area contributed by atoms with Gasteiger partial charge in [-0.05, 0) is 31.6 Å². The smallest absolute Gasteiger partial charge is 0.233 e. The van der Waals surface area contributed by atoms with E-state index < -0.39 is 5.92 Å². The van der Waals surface area contributed by atoms with E-state index in [9.17, 15) is 4.79 Å². The van der Waals surface area contributed by atoms with Crippen LogP contribution in [0.3, 0.4) is 0 Å². The number of amides is 1. The highest BCUT2D eigenvalue weighted by Crippen LogP contribution is 2.21. The molecule has 0 spiro atoms. The number of aliphatic hydroxyl groups is 1. The number of nitrogens with zero attached hydrogens (tertiary/aromatic N) is 2. The summed E-state index contributed by atoms with van der Waals surface area (Å²) < 4.78 is 0. The highest BCUT2D eigenvalue weighted by molar-refractivity contribution is 6.02. The molecule has 0 bridgehead atoms. The first-order chi connectivity index (χ1) is 8.63. The standard InChI is InChI=1S/C12H23N3O3/c1-2-10(11(13)14-18)12(17)15-6-3-4-9(8-15)5-7-16/h9-10,16,18H,2-8H2,1H3,(H2,13,14). The van der Waals surface area contributed by atoms with Crippen molar-refractivity contribution in [3.8, 4) is 0 Å². The van der Waals surface area contributed by atoms with Gasteiger partial charge in [0, 0.05) is 19.7 Å². The van der Waals surface area contributed by atoms with Gasteiger partial charge in [-0.3, -0.25) is 4.79 Å². The lowest BCUT2D eigenvalue weighted by Crippen LogP contribution is -2.46. The molecule has 0 radical (unpaired) electrons. The number of carbonyl (C=O) groups excluding carboxylic acids is 1. The highest BCUT2D eigenvalue weighted by atomic mass is 16.4. The molecule has 1 aliphatic rings. The number of hydrogen-bond donors (Lipinski definition) is 3. The van der Waals surface area contributed by atoms with Gasteiger partial charge in [0.1, 0.15) is 0 Å². The molecule has 0 aromatic carbocycles. The summed E-state index contributed by atoms with van der Waals surface area (Å²) in [7, 11) is 0. The monoisotopic (exact) mass is 257 g/mol. The van der Waals surface area contributed by atoms with Crippen LogP contribution < -0.4 is 5.73 Å². The third kappa shape index (κ3) is 3.60. The fraction of sp³-hybridized carbons (Fsp3) is 0.833. The van der Waals surface area contributed by atoms with Gasteiger partial charge in [-0.2, -0.15) is 0 Å². The minimum Gasteiger partial charge on any atom is -0.409 e. The first-order valence-electron chi connectivity index (χ1n) is 6.51. The molecule has 6 heteroatoms. The zero-order chi connectivity index (χ0) is 13.5. The quantitative estimate of drug-likeness (QED) is 0.287. The van der Waals surface area contributed by atoms with E-state index >= 15 is 0 Å². The molecule has 0 saturated carbocycles. The molecule has 1 amide bonds. The van der Waals surface area contributed by atoms with Crippen LogP contribution in [0, 0.1) is 11.8 Å². The van der Waals surface area contributed by atoms with Crippen LogP contribution in [0.2, 0.25) is 0 Å². The second-order valence-electron chi connectivity index (χ2n) is 4.79. The molecular weight excluding hydrogens is 234 g/mol. The first kappa shape index (κ1) is 14.8. The Morgan fingerprint density at radius 2 is 2.33 bits per heavy atom. The Morgan fingerprint density at radius 3 is 2.89 bits per heavy atom. The van der Waals surface area contributed by atoms with Gasteiger partial charge in [-0.1, -0.05) is 12.1 Å². The van der Waals surface area contributed by atoms with Gasteiger partial charge in [-0.25, -0.2) is 0 Å². The summed E-state index contributed by atoms with van der Waals surface area (Å²) in [5.74, 6) is -0.275. The Kier molecular flexibility index (Phi) is 5.91. The maximum absolute atomic E-state index is 12.3. The number of oxime groups is 1. The van der Waals surface area contributed by atoms with Crippen molar-refractivity contribution in [2.24, 2.45) is 22.7 Å². The summed E-state index contributed by atoms with van der Waals surface area (Å²) in [4.78, 5) is 14.0. The van der Waals surface area contributed by atoms with E-state index in [-0.39, 0.29) is 18.3 Å². The summed E-state index contributed by atoms with van der Waals surface area (Å²) in [6, 6.07) is 0. The summed E-state index contributed by atoms with van der Waals surface area (Å²) >= 11 is 0. The lowest BCUT2D eigenvalue weighted by atomic mass is 9.93. The maximum Gasteiger partial charge on any atom is 0.233 e. The molecule has 1 saturated heterocycles. The van der Waals surface area contributed by atoms with E-state index in [2.05, 4.69) is 5.16 Å². The minimum absolute atomic E-state index is 0.0215. The number of nitrogens with two attached hydrogens (primary N) is 1. The minimum atomic E-state index is -0.539. The zero-order valence-electron chi connectivity index (χ0n) is 10.9. The van der Waals surface area contributed by atoms with Crippen LogP contribution in [0.1, 0.15) is 32.6 Å². The SMILES string of the molecule is CCC(C(=O)N1CCCC(CCO)C1)C(N)=NO. The number of likely N-dealkylation sites (tertiary alicyclic amines) is 1. The van der Waals surface area contributed by atoms with Crippen molar-refractivity contribution in [2.45, 2.75) is 32.6 Å². The van der Waals surface area contributed by atoms with E-state index in [4.69, 9.17) is 16.0 Å². The molecule has 18 heavy (non-hydrogen) atoms. The second-order valence-corrected chi connectivity index (χ2v) is 4.79. The van der Waals surface area contributed by atoms with Crippen LogP contribution in [0.4, 0.5) is 0 Å². The third-order valence-electron chi connectivity index (χ3n) is 3.55. The average Bonchev–Trinajstić information content (AvgIpc) is 2.40. The molecule has 1 heterocycles. The molecule has 0 aromatic heterocycles. The van der Waals surface area contributed by atoms with E-state index in [1.165, 1.54) is 0 Å². The molecule has 0 aliphatic carbocycles. The van der Waals surface area contributed by atoms with E-state index in [0.29, 0.717) is 18.9 Å². The Labute approximate surface area is 107 Å². The fourth-order valence-electron chi connectivity index (χ4n) is 2.48. The van der Waals surface area contributed by atoms with Crippen molar-refractivity contribution in [1.29, 1.82) is 0 Å². The lowest BCUT2D eigenvalue weighted by molar-refractivity contribution is -0.135. The van der Waals surface area contributed by atoms with Gasteiger partial charge in [0.25, 0.3) is 0 Å². The van der Waals surface area contributed by atoms with Crippen molar-refractivity contribution >= 4 is 11.7 Å². The zero-order valence-corrected chi connectivity index (χ0v) is 10.9. The van der Waals surface area contributed by atoms with E-state index in [1.54, 1.807) is 4.90 Å². The Morgan fingerprint density at radius 1 is 1.61 bits per heavy atom. The number of aliphatic hydroxyl groups excluding tert-OH is 1. The molecular formula is C12H23N3O3. The second kappa shape index (κ2) is 7.20. The molecule has 0 aromatic rings. The summed E-state index contributed by atoms with van der Waals surface area (Å²) in [5.41, 5.74) is 5.54. The van der Waals surface area contributed by atoms with Gasteiger partial charge in [0.05, 0.1) is 5.92 Å². The van der Waals surface area contributed by atoms with Crippen molar-refractivity contribution in [2.75, 3.05) is 19.7 Å². The van der Waals surface area contributed by atoms with Crippen LogP contribution in [0.5, 0.6) is 0 Å². The van der Waals surface area contributed by atoms with Crippen molar-refractivity contribution in [3.05, 3.63) is 0 Å². The Hall–Kier alpha value is -1.30. The molecule has 4 N–H and O–H groups in total. The third-order valence-corrected chi connectivity index (χ3v) is 3.55. The van der Waals surface area contributed by atoms with Gasteiger partial charge in [-0.15, -0.1) is 0 Å². The largest absolute Gasteiger partial charge is 0.409 e. The van der Waals surface area contributed by atoms with Crippen LogP contribution in [-0.2, 0) is 4.79 Å². The Bertz CT molecular complexity index is 305. The van der Waals surface area contributed by atoms with Crippen LogP contribution in [0.15, 0.2) is 5.16 Å². The van der Waals surface area contributed by atoms with Crippen LogP contribution in [-0.4, -0.2) is 46.7 Å². The summed E-state index contributed by atoms with van der Waals surface area (Å²) in [6.07, 6.45) is 3.24. The maximum atomic E-state index is 12.3. The van der Waals surface area contributed by atoms with Crippen molar-refractivity contribution < 1.29 is 15.1 Å². The predicted molar refractivity (Wildman–Crippen MR) is 68.2 cm³/mol. The highest BCUT2D eigenvalue weighted by Gasteiger charge is 2.30. The van der Waals surface area contributed by atoms with E-state index in [1.807, 2.05) is 6.92 Å². The number of piperidine rings is 1. The molecule has 1 aliphatic heterocycles. The molecule has 6 nitrogen and oxygen atoms in total. The molecule has 1 rings (SSSR count). The van der Waals surface area contributed by atoms with Gasteiger partial charge >= 0.3 is 0 Å². The first-order valence-corrected chi connectivity index (χ1v) is 6.51. The summed E-state index contributed by atoms with van der Waals surface area (Å²) in [5, 5.41) is 20.6. The van der Waals surface area contributed by atoms with Crippen LogP contribution >= 0.6 is 0 Å². The number of amidine groups is 1. The fourth-order valence-corrected chi connectivity index (χ4v) is 2.48. The Balaban J connectivity index is 2.64. The topological polar surface area (TPSA) is 99.2 Å². The van der Waals surface area contributed by atoms with Crippen LogP contribution in [0.25, 0.3) is 0 Å². The molecule has 2 unspecified atom stereocenters. The van der Waals surface area contributed by atoms with Gasteiger partial charge in [0.15, 0.2) is 5.84 Å². The molecule has 1 fully saturated rings. The van der Waals surface area contributed by atoms with E-state index in [0.717, 1.165) is 25.8 Å². The van der Waals surface area contributed by atoms with Gasteiger partial charge in [0.2, 0.25) is 5.91 Å². The molecule has 104 valence electrons. The molecule has 2 atom stereocenters. The summed E-state index contributed by atoms with van der Waals surface area (Å²) in [6.45, 7) is 3.38. The normalized spacial score (nSPS) is 22.9. The average molecular weight is 257 g/mol. The number of rotatable bonds is 5. The lowest BCUT2D eigenvalue weighted by Gasteiger charge is -2.34. The van der Waals surface area contributed by atoms with Gasteiger partial charge < -0.3 is 20.9 Å². The predicted octanol–water partition coefficient (Wildman–Crippen LogP) is 0.380. The number of hydrogen-bond acceptors (Lipinski definition) is 4. The number of carbonyl (C=O) groups is 1.